The monoisotopic (exact) mass is 426 g/mol. The number of nitrogens with one attached hydrogen (secondary N) is 2. The molecule has 2 N–H and O–H groups in total. The molecule has 2 aliphatic heterocycles. The van der Waals surface area contributed by atoms with Gasteiger partial charge < -0.3 is 10.6 Å². The van der Waals surface area contributed by atoms with E-state index in [4.69, 9.17) is 11.6 Å². The minimum absolute atomic E-state index is 0.0309. The average Bonchev–Trinajstić information content (AvgIpc) is 3.01. The van der Waals surface area contributed by atoms with Crippen molar-refractivity contribution in [1.29, 1.82) is 0 Å². The van der Waals surface area contributed by atoms with Crippen molar-refractivity contribution in [1.82, 2.24) is 20.4 Å². The second-order valence-electron chi connectivity index (χ2n) is 8.26. The summed E-state index contributed by atoms with van der Waals surface area (Å²) < 4.78 is 0. The SMILES string of the molecule is O=C(NCCN1CCN(Cc2ccc(Cl)cc2)CC1)c1ccc2c(c1)CNCCC2. The molecule has 2 heterocycles. The largest absolute Gasteiger partial charge is 0.351 e. The van der Waals surface area contributed by atoms with Crippen molar-refractivity contribution < 1.29 is 4.79 Å². The highest BCUT2D eigenvalue weighted by molar-refractivity contribution is 6.30. The van der Waals surface area contributed by atoms with Crippen LogP contribution in [0.3, 0.4) is 0 Å². The minimum atomic E-state index is 0.0309. The van der Waals surface area contributed by atoms with Crippen molar-refractivity contribution >= 4 is 17.5 Å². The normalized spacial score (nSPS) is 17.9. The molecule has 0 aliphatic carbocycles. The highest BCUT2D eigenvalue weighted by atomic mass is 35.5. The van der Waals surface area contributed by atoms with Crippen LogP contribution in [0, 0.1) is 0 Å². The van der Waals surface area contributed by atoms with E-state index in [0.29, 0.717) is 6.54 Å². The Balaban J connectivity index is 1.18. The van der Waals surface area contributed by atoms with Crippen molar-refractivity contribution in [3.05, 3.63) is 69.7 Å². The molecule has 2 aromatic carbocycles. The molecule has 2 aliphatic rings. The molecule has 1 amide bonds. The maximum atomic E-state index is 12.6. The summed E-state index contributed by atoms with van der Waals surface area (Å²) in [6, 6.07) is 14.3. The van der Waals surface area contributed by atoms with E-state index in [0.717, 1.165) is 75.8 Å². The maximum Gasteiger partial charge on any atom is 0.251 e. The van der Waals surface area contributed by atoms with Crippen molar-refractivity contribution in [2.75, 3.05) is 45.8 Å². The molecule has 0 saturated carbocycles. The van der Waals surface area contributed by atoms with Crippen molar-refractivity contribution in [2.45, 2.75) is 25.9 Å². The maximum absolute atomic E-state index is 12.6. The molecule has 5 nitrogen and oxygen atoms in total. The Morgan fingerprint density at radius 3 is 2.57 bits per heavy atom. The number of carbonyl (C=O) groups is 1. The van der Waals surface area contributed by atoms with Gasteiger partial charge in [0.25, 0.3) is 5.91 Å². The molecule has 0 unspecified atom stereocenters. The highest BCUT2D eigenvalue weighted by Crippen LogP contribution is 2.17. The highest BCUT2D eigenvalue weighted by Gasteiger charge is 2.17. The zero-order chi connectivity index (χ0) is 20.8. The van der Waals surface area contributed by atoms with E-state index in [1.165, 1.54) is 16.7 Å². The molecule has 160 valence electrons. The molecular weight excluding hydrogens is 396 g/mol. The first-order valence-electron chi connectivity index (χ1n) is 11.0. The van der Waals surface area contributed by atoms with E-state index in [1.54, 1.807) is 0 Å². The summed E-state index contributed by atoms with van der Waals surface area (Å²) in [5, 5.41) is 7.31. The molecule has 6 heteroatoms. The van der Waals surface area contributed by atoms with Crippen LogP contribution in [-0.2, 0) is 19.5 Å². The Hall–Kier alpha value is -1.92. The number of aryl methyl sites for hydroxylation is 1. The van der Waals surface area contributed by atoms with Gasteiger partial charge in [-0.3, -0.25) is 14.6 Å². The quantitative estimate of drug-likeness (QED) is 0.745. The van der Waals surface area contributed by atoms with E-state index in [9.17, 15) is 4.79 Å². The molecule has 0 bridgehead atoms. The summed E-state index contributed by atoms with van der Waals surface area (Å²) in [6.07, 6.45) is 2.25. The van der Waals surface area contributed by atoms with Crippen LogP contribution in [0.1, 0.15) is 33.5 Å². The number of hydrogen-bond acceptors (Lipinski definition) is 4. The number of amides is 1. The Kier molecular flexibility index (Phi) is 7.39. The van der Waals surface area contributed by atoms with Gasteiger partial charge in [0.15, 0.2) is 0 Å². The Morgan fingerprint density at radius 1 is 1.00 bits per heavy atom. The molecule has 0 spiro atoms. The fourth-order valence-corrected chi connectivity index (χ4v) is 4.38. The molecule has 2 aromatic rings. The molecule has 0 aromatic heterocycles. The number of nitrogens with zero attached hydrogens (tertiary/aromatic N) is 2. The zero-order valence-corrected chi connectivity index (χ0v) is 18.3. The lowest BCUT2D eigenvalue weighted by molar-refractivity contribution is 0.0934. The van der Waals surface area contributed by atoms with Crippen molar-refractivity contribution in [2.24, 2.45) is 0 Å². The van der Waals surface area contributed by atoms with Crippen LogP contribution in [0.25, 0.3) is 0 Å². The van der Waals surface area contributed by atoms with Gasteiger partial charge in [-0.1, -0.05) is 29.8 Å². The number of carbonyl (C=O) groups excluding carboxylic acids is 1. The van der Waals surface area contributed by atoms with Gasteiger partial charge >= 0.3 is 0 Å². The average molecular weight is 427 g/mol. The zero-order valence-electron chi connectivity index (χ0n) is 17.5. The number of benzene rings is 2. The topological polar surface area (TPSA) is 47.6 Å². The molecule has 1 saturated heterocycles. The number of halogens is 1. The van der Waals surface area contributed by atoms with Crippen LogP contribution in [-0.4, -0.2) is 61.5 Å². The van der Waals surface area contributed by atoms with Gasteiger partial charge in [-0.05, 0) is 60.3 Å². The smallest absolute Gasteiger partial charge is 0.251 e. The van der Waals surface area contributed by atoms with E-state index < -0.39 is 0 Å². The predicted molar refractivity (Wildman–Crippen MR) is 122 cm³/mol. The summed E-state index contributed by atoms with van der Waals surface area (Å²) in [7, 11) is 0. The van der Waals surface area contributed by atoms with Crippen molar-refractivity contribution in [3.8, 4) is 0 Å². The standard InChI is InChI=1S/C24H31ClN4O/c25-23-7-3-19(4-8-23)18-29-14-12-28(13-15-29)11-10-27-24(30)21-6-5-20-2-1-9-26-17-22(20)16-21/h3-8,16,26H,1-2,9-15,17-18H2,(H,27,30). The van der Waals surface area contributed by atoms with Gasteiger partial charge in [0.05, 0.1) is 0 Å². The first kappa shape index (κ1) is 21.3. The molecule has 4 rings (SSSR count). The van der Waals surface area contributed by atoms with Crippen LogP contribution in [0.2, 0.25) is 5.02 Å². The number of piperazine rings is 1. The molecule has 0 radical (unpaired) electrons. The van der Waals surface area contributed by atoms with Crippen LogP contribution in [0.15, 0.2) is 42.5 Å². The second kappa shape index (κ2) is 10.4. The summed E-state index contributed by atoms with van der Waals surface area (Å²) in [6.45, 7) is 8.62. The van der Waals surface area contributed by atoms with Crippen LogP contribution < -0.4 is 10.6 Å². The van der Waals surface area contributed by atoms with Gasteiger partial charge in [-0.25, -0.2) is 0 Å². The summed E-state index contributed by atoms with van der Waals surface area (Å²) in [5.41, 5.74) is 4.70. The lowest BCUT2D eigenvalue weighted by Crippen LogP contribution is -2.48. The molecule has 30 heavy (non-hydrogen) atoms. The van der Waals surface area contributed by atoms with Gasteiger partial charge in [0.2, 0.25) is 0 Å². The Labute approximate surface area is 184 Å². The van der Waals surface area contributed by atoms with Crippen LogP contribution in [0.5, 0.6) is 0 Å². The lowest BCUT2D eigenvalue weighted by Gasteiger charge is -2.34. The van der Waals surface area contributed by atoms with E-state index in [2.05, 4.69) is 44.7 Å². The molecule has 0 atom stereocenters. The third-order valence-corrected chi connectivity index (χ3v) is 6.33. The fourth-order valence-electron chi connectivity index (χ4n) is 4.25. The molecular formula is C24H31ClN4O. The first-order chi connectivity index (χ1) is 14.7. The number of rotatable bonds is 6. The molecule has 1 fully saturated rings. The first-order valence-corrected chi connectivity index (χ1v) is 11.3. The van der Waals surface area contributed by atoms with Gasteiger partial charge in [-0.2, -0.15) is 0 Å². The van der Waals surface area contributed by atoms with Gasteiger partial charge in [-0.15, -0.1) is 0 Å². The predicted octanol–water partition coefficient (Wildman–Crippen LogP) is 2.92. The van der Waals surface area contributed by atoms with Crippen molar-refractivity contribution in [3.63, 3.8) is 0 Å². The van der Waals surface area contributed by atoms with E-state index in [1.807, 2.05) is 18.2 Å². The summed E-state index contributed by atoms with van der Waals surface area (Å²) in [5.74, 6) is 0.0309. The van der Waals surface area contributed by atoms with Gasteiger partial charge in [0, 0.05) is 62.9 Å². The lowest BCUT2D eigenvalue weighted by atomic mass is 10.0. The van der Waals surface area contributed by atoms with Crippen LogP contribution in [0.4, 0.5) is 0 Å². The summed E-state index contributed by atoms with van der Waals surface area (Å²) >= 11 is 5.97. The summed E-state index contributed by atoms with van der Waals surface area (Å²) in [4.78, 5) is 17.5. The third-order valence-electron chi connectivity index (χ3n) is 6.08. The fraction of sp³-hybridized carbons (Fsp3) is 0.458. The Morgan fingerprint density at radius 2 is 1.77 bits per heavy atom. The van der Waals surface area contributed by atoms with Gasteiger partial charge in [0.1, 0.15) is 0 Å². The van der Waals surface area contributed by atoms with Crippen LogP contribution >= 0.6 is 11.6 Å². The second-order valence-corrected chi connectivity index (χ2v) is 8.70. The van der Waals surface area contributed by atoms with E-state index >= 15 is 0 Å². The third kappa shape index (κ3) is 5.82. The Bertz CT molecular complexity index is 847. The number of fused-ring (bicyclic) bond motifs is 1. The van der Waals surface area contributed by atoms with E-state index in [-0.39, 0.29) is 5.91 Å². The minimum Gasteiger partial charge on any atom is -0.351 e. The number of hydrogen-bond donors (Lipinski definition) is 2.